The van der Waals surface area contributed by atoms with E-state index >= 15 is 0 Å². The van der Waals surface area contributed by atoms with Crippen molar-refractivity contribution < 1.29 is 4.92 Å². The first-order valence-corrected chi connectivity index (χ1v) is 7.81. The van der Waals surface area contributed by atoms with Gasteiger partial charge in [-0.15, -0.1) is 0 Å². The Labute approximate surface area is 138 Å². The number of nitrogens with zero attached hydrogens (tertiary/aromatic N) is 4. The number of halogens is 1. The molecule has 1 N–H and O–H groups in total. The molecule has 0 unspecified atom stereocenters. The lowest BCUT2D eigenvalue weighted by atomic mass is 10.1. The smallest absolute Gasteiger partial charge is 0.364 e. The number of hydrogen-bond acceptors (Lipinski definition) is 7. The molecule has 0 saturated heterocycles. The van der Waals surface area contributed by atoms with Gasteiger partial charge < -0.3 is 5.32 Å². The van der Waals surface area contributed by atoms with E-state index in [9.17, 15) is 14.9 Å². The van der Waals surface area contributed by atoms with Crippen LogP contribution in [0, 0.1) is 10.1 Å². The highest BCUT2D eigenvalue weighted by Gasteiger charge is 2.24. The standard InChI is InChI=1S/C13H10ClN5O3S/c14-9-3-1-8(2-4-9)5-6-15-11-10(19(21)22)12(20)18-13(17-11)23-7-16-18/h1-4,7,15H,5-6H2. The third-order valence-electron chi connectivity index (χ3n) is 3.13. The highest BCUT2D eigenvalue weighted by molar-refractivity contribution is 7.14. The van der Waals surface area contributed by atoms with Gasteiger partial charge in [0.1, 0.15) is 5.51 Å². The zero-order chi connectivity index (χ0) is 16.4. The minimum Gasteiger partial charge on any atom is -0.364 e. The lowest BCUT2D eigenvalue weighted by Gasteiger charge is -2.06. The van der Waals surface area contributed by atoms with Gasteiger partial charge in [-0.05, 0) is 24.1 Å². The van der Waals surface area contributed by atoms with Crippen molar-refractivity contribution in [2.24, 2.45) is 0 Å². The molecule has 2 heterocycles. The van der Waals surface area contributed by atoms with Crippen LogP contribution in [0.15, 0.2) is 34.6 Å². The normalized spacial score (nSPS) is 10.8. The maximum atomic E-state index is 12.1. The van der Waals surface area contributed by atoms with E-state index in [0.717, 1.165) is 21.4 Å². The molecular weight excluding hydrogens is 342 g/mol. The van der Waals surface area contributed by atoms with E-state index in [4.69, 9.17) is 11.6 Å². The second-order valence-electron chi connectivity index (χ2n) is 4.61. The minimum atomic E-state index is -0.796. The lowest BCUT2D eigenvalue weighted by molar-refractivity contribution is -0.385. The number of hydrogen-bond donors (Lipinski definition) is 1. The number of benzene rings is 1. The largest absolute Gasteiger partial charge is 0.377 e. The summed E-state index contributed by atoms with van der Waals surface area (Å²) in [5.41, 5.74) is 1.02. The van der Waals surface area contributed by atoms with Crippen LogP contribution in [0.2, 0.25) is 5.02 Å². The van der Waals surface area contributed by atoms with Gasteiger partial charge in [0, 0.05) is 11.6 Å². The number of aromatic nitrogens is 3. The molecule has 3 aromatic rings. The Morgan fingerprint density at radius 3 is 2.78 bits per heavy atom. The molecule has 0 aliphatic carbocycles. The fourth-order valence-corrected chi connectivity index (χ4v) is 2.78. The molecule has 1 aromatic carbocycles. The highest BCUT2D eigenvalue weighted by Crippen LogP contribution is 2.19. The number of anilines is 1. The van der Waals surface area contributed by atoms with Crippen molar-refractivity contribution in [3.63, 3.8) is 0 Å². The molecule has 0 aliphatic rings. The van der Waals surface area contributed by atoms with Crippen LogP contribution in [0.3, 0.4) is 0 Å². The Kier molecular flexibility index (Phi) is 4.22. The quantitative estimate of drug-likeness (QED) is 0.559. The highest BCUT2D eigenvalue weighted by atomic mass is 35.5. The summed E-state index contributed by atoms with van der Waals surface area (Å²) in [5.74, 6) is -0.0433. The fourth-order valence-electron chi connectivity index (χ4n) is 2.04. The molecule has 10 heteroatoms. The summed E-state index contributed by atoms with van der Waals surface area (Å²) in [6.07, 6.45) is 0.609. The van der Waals surface area contributed by atoms with Crippen molar-refractivity contribution in [3.05, 3.63) is 60.8 Å². The minimum absolute atomic E-state index is 0.0433. The molecule has 8 nitrogen and oxygen atoms in total. The summed E-state index contributed by atoms with van der Waals surface area (Å²) in [5, 5.41) is 18.4. The van der Waals surface area contributed by atoms with E-state index in [1.54, 1.807) is 12.1 Å². The summed E-state index contributed by atoms with van der Waals surface area (Å²) in [6, 6.07) is 7.28. The molecule has 23 heavy (non-hydrogen) atoms. The molecule has 0 saturated carbocycles. The summed E-state index contributed by atoms with van der Waals surface area (Å²) in [7, 11) is 0. The van der Waals surface area contributed by atoms with Crippen molar-refractivity contribution >= 4 is 39.4 Å². The lowest BCUT2D eigenvalue weighted by Crippen LogP contribution is -2.21. The number of rotatable bonds is 5. The number of nitrogens with one attached hydrogen (secondary N) is 1. The Hall–Kier alpha value is -2.52. The molecule has 0 atom stereocenters. The molecule has 0 radical (unpaired) electrons. The van der Waals surface area contributed by atoms with E-state index in [1.807, 2.05) is 12.1 Å². The van der Waals surface area contributed by atoms with Gasteiger partial charge >= 0.3 is 11.2 Å². The van der Waals surface area contributed by atoms with Crippen LogP contribution in [0.5, 0.6) is 0 Å². The summed E-state index contributed by atoms with van der Waals surface area (Å²) < 4.78 is 0.924. The second-order valence-corrected chi connectivity index (χ2v) is 5.86. The molecule has 3 rings (SSSR count). The first-order valence-electron chi connectivity index (χ1n) is 6.55. The summed E-state index contributed by atoms with van der Waals surface area (Å²) in [4.78, 5) is 26.9. The van der Waals surface area contributed by atoms with Gasteiger partial charge in [-0.1, -0.05) is 35.1 Å². The monoisotopic (exact) mass is 351 g/mol. The molecule has 0 fully saturated rings. The average Bonchev–Trinajstić information content (AvgIpc) is 2.98. The van der Waals surface area contributed by atoms with Crippen molar-refractivity contribution in [3.8, 4) is 0 Å². The molecule has 0 amide bonds. The van der Waals surface area contributed by atoms with Crippen molar-refractivity contribution in [2.45, 2.75) is 6.42 Å². The molecule has 2 aromatic heterocycles. The van der Waals surface area contributed by atoms with Crippen LogP contribution >= 0.6 is 22.9 Å². The van der Waals surface area contributed by atoms with Gasteiger partial charge in [-0.2, -0.15) is 14.6 Å². The van der Waals surface area contributed by atoms with Gasteiger partial charge in [0.2, 0.25) is 10.8 Å². The summed E-state index contributed by atoms with van der Waals surface area (Å²) >= 11 is 6.95. The van der Waals surface area contributed by atoms with E-state index in [-0.39, 0.29) is 5.82 Å². The van der Waals surface area contributed by atoms with Gasteiger partial charge in [0.05, 0.1) is 4.92 Å². The zero-order valence-corrected chi connectivity index (χ0v) is 13.2. The first kappa shape index (κ1) is 15.4. The molecule has 0 bridgehead atoms. The fraction of sp³-hybridized carbons (Fsp3) is 0.154. The van der Waals surface area contributed by atoms with Gasteiger partial charge in [0.15, 0.2) is 0 Å². The number of fused-ring (bicyclic) bond motifs is 1. The van der Waals surface area contributed by atoms with Gasteiger partial charge in [0.25, 0.3) is 0 Å². The van der Waals surface area contributed by atoms with Gasteiger partial charge in [-0.25, -0.2) is 0 Å². The topological polar surface area (TPSA) is 102 Å². The third kappa shape index (κ3) is 3.15. The number of nitro groups is 1. The van der Waals surface area contributed by atoms with Crippen LogP contribution < -0.4 is 10.9 Å². The van der Waals surface area contributed by atoms with E-state index in [2.05, 4.69) is 15.4 Å². The Bertz CT molecular complexity index is 921. The van der Waals surface area contributed by atoms with E-state index in [0.29, 0.717) is 22.9 Å². The van der Waals surface area contributed by atoms with Crippen molar-refractivity contribution in [2.75, 3.05) is 11.9 Å². The Balaban J connectivity index is 1.84. The maximum Gasteiger partial charge on any atom is 0.377 e. The maximum absolute atomic E-state index is 12.1. The predicted octanol–water partition coefficient (Wildman–Crippen LogP) is 2.37. The Morgan fingerprint density at radius 2 is 2.09 bits per heavy atom. The predicted molar refractivity (Wildman–Crippen MR) is 87.4 cm³/mol. The Morgan fingerprint density at radius 1 is 1.35 bits per heavy atom. The summed E-state index contributed by atoms with van der Waals surface area (Å²) in [6.45, 7) is 0.393. The van der Waals surface area contributed by atoms with Crippen LogP contribution in [0.25, 0.3) is 4.96 Å². The van der Waals surface area contributed by atoms with Crippen LogP contribution in [0.1, 0.15) is 5.56 Å². The van der Waals surface area contributed by atoms with Crippen LogP contribution in [-0.2, 0) is 6.42 Å². The second kappa shape index (κ2) is 6.31. The molecule has 118 valence electrons. The zero-order valence-electron chi connectivity index (χ0n) is 11.6. The van der Waals surface area contributed by atoms with E-state index < -0.39 is 16.2 Å². The van der Waals surface area contributed by atoms with Gasteiger partial charge in [-0.3, -0.25) is 14.9 Å². The molecule has 0 spiro atoms. The average molecular weight is 352 g/mol. The van der Waals surface area contributed by atoms with Crippen molar-refractivity contribution in [1.29, 1.82) is 0 Å². The molecular formula is C13H10ClN5O3S. The van der Waals surface area contributed by atoms with Crippen LogP contribution in [-0.4, -0.2) is 26.1 Å². The van der Waals surface area contributed by atoms with Crippen molar-refractivity contribution in [1.82, 2.24) is 14.6 Å². The molecule has 0 aliphatic heterocycles. The van der Waals surface area contributed by atoms with E-state index in [1.165, 1.54) is 5.51 Å². The SMILES string of the molecule is O=c1c([N+](=O)[O-])c(NCCc2ccc(Cl)cc2)nc2scnn12. The van der Waals surface area contributed by atoms with Crippen LogP contribution in [0.4, 0.5) is 11.5 Å². The third-order valence-corrected chi connectivity index (χ3v) is 4.06. The first-order chi connectivity index (χ1) is 11.1.